The summed E-state index contributed by atoms with van der Waals surface area (Å²) in [7, 11) is 3.12. The molecule has 0 bridgehead atoms. The summed E-state index contributed by atoms with van der Waals surface area (Å²) in [6.45, 7) is 9.20. The molecule has 1 fully saturated rings. The first-order valence-corrected chi connectivity index (χ1v) is 7.26. The monoisotopic (exact) mass is 308 g/mol. The average Bonchev–Trinajstić information content (AvgIpc) is 2.65. The molecule has 0 unspecified atom stereocenters. The maximum absolute atomic E-state index is 13.0. The van der Waals surface area contributed by atoms with Crippen LogP contribution in [0.1, 0.15) is 43.6 Å². The van der Waals surface area contributed by atoms with Gasteiger partial charge >= 0.3 is 0 Å². The number of rotatable bonds is 4. The number of ether oxygens (including phenoxy) is 4. The Balaban J connectivity index is 2.44. The van der Waals surface area contributed by atoms with Gasteiger partial charge in [0.25, 0.3) is 0 Å². The van der Waals surface area contributed by atoms with Gasteiger partial charge in [0.2, 0.25) is 0 Å². The normalized spacial score (nSPS) is 22.4. The van der Waals surface area contributed by atoms with Crippen molar-refractivity contribution in [2.45, 2.75) is 52.1 Å². The highest BCUT2D eigenvalue weighted by molar-refractivity contribution is 6.03. The van der Waals surface area contributed by atoms with Crippen LogP contribution in [0, 0.1) is 6.92 Å². The van der Waals surface area contributed by atoms with Crippen LogP contribution in [0.25, 0.3) is 0 Å². The van der Waals surface area contributed by atoms with Crippen molar-refractivity contribution in [3.63, 3.8) is 0 Å². The SMILES string of the molecule is COc1cc(OC)c(C(=O)[C@@H]2OC(C)(C)OC2(C)C)cc1C. The predicted octanol–water partition coefficient (Wildman–Crippen LogP) is 3.13. The Hall–Kier alpha value is -1.59. The fraction of sp³-hybridized carbons (Fsp3) is 0.588. The molecule has 5 heteroatoms. The average molecular weight is 308 g/mol. The third-order valence-corrected chi connectivity index (χ3v) is 3.76. The lowest BCUT2D eigenvalue weighted by Crippen LogP contribution is -2.39. The van der Waals surface area contributed by atoms with Crippen LogP contribution in [-0.4, -0.2) is 37.5 Å². The summed E-state index contributed by atoms with van der Waals surface area (Å²) in [5.41, 5.74) is 0.627. The summed E-state index contributed by atoms with van der Waals surface area (Å²) in [6, 6.07) is 3.49. The Bertz CT molecular complexity index is 589. The Morgan fingerprint density at radius 3 is 2.14 bits per heavy atom. The molecule has 22 heavy (non-hydrogen) atoms. The largest absolute Gasteiger partial charge is 0.496 e. The van der Waals surface area contributed by atoms with Crippen molar-refractivity contribution in [2.75, 3.05) is 14.2 Å². The van der Waals surface area contributed by atoms with E-state index in [1.807, 2.05) is 20.8 Å². The van der Waals surface area contributed by atoms with E-state index in [2.05, 4.69) is 0 Å². The van der Waals surface area contributed by atoms with Gasteiger partial charge in [0.15, 0.2) is 17.7 Å². The topological polar surface area (TPSA) is 54.0 Å². The second-order valence-electron chi connectivity index (χ2n) is 6.49. The Kier molecular flexibility index (Phi) is 4.24. The summed E-state index contributed by atoms with van der Waals surface area (Å²) in [6.07, 6.45) is -0.691. The van der Waals surface area contributed by atoms with Crippen molar-refractivity contribution < 1.29 is 23.7 Å². The van der Waals surface area contributed by atoms with Crippen molar-refractivity contribution in [3.8, 4) is 11.5 Å². The van der Waals surface area contributed by atoms with Gasteiger partial charge in [-0.2, -0.15) is 0 Å². The number of Topliss-reactive ketones (excluding diaryl/α,β-unsaturated/α-hetero) is 1. The van der Waals surface area contributed by atoms with Crippen molar-refractivity contribution >= 4 is 5.78 Å². The summed E-state index contributed by atoms with van der Waals surface area (Å²) in [4.78, 5) is 13.0. The zero-order valence-corrected chi connectivity index (χ0v) is 14.3. The van der Waals surface area contributed by atoms with Crippen molar-refractivity contribution in [1.29, 1.82) is 0 Å². The molecule has 0 spiro atoms. The molecule has 1 aliphatic heterocycles. The highest BCUT2D eigenvalue weighted by atomic mass is 16.8. The summed E-state index contributed by atoms with van der Waals surface area (Å²) in [5, 5.41) is 0. The van der Waals surface area contributed by atoms with E-state index in [0.29, 0.717) is 17.1 Å². The van der Waals surface area contributed by atoms with E-state index in [0.717, 1.165) is 5.56 Å². The number of benzene rings is 1. The van der Waals surface area contributed by atoms with Gasteiger partial charge in [0.1, 0.15) is 11.5 Å². The van der Waals surface area contributed by atoms with E-state index in [1.165, 1.54) is 7.11 Å². The van der Waals surface area contributed by atoms with Gasteiger partial charge < -0.3 is 18.9 Å². The molecule has 0 N–H and O–H groups in total. The van der Waals surface area contributed by atoms with Gasteiger partial charge in [-0.1, -0.05) is 0 Å². The zero-order chi connectivity index (χ0) is 16.7. The lowest BCUT2D eigenvalue weighted by molar-refractivity contribution is -0.155. The van der Waals surface area contributed by atoms with Crippen molar-refractivity contribution in [2.24, 2.45) is 0 Å². The van der Waals surface area contributed by atoms with Crippen LogP contribution in [0.15, 0.2) is 12.1 Å². The number of carbonyl (C=O) groups excluding carboxylic acids is 1. The minimum atomic E-state index is -0.793. The number of aryl methyl sites for hydroxylation is 1. The lowest BCUT2D eigenvalue weighted by atomic mass is 9.92. The molecule has 1 saturated heterocycles. The highest BCUT2D eigenvalue weighted by Crippen LogP contribution is 2.39. The number of hydrogen-bond acceptors (Lipinski definition) is 5. The molecule has 1 aromatic rings. The van der Waals surface area contributed by atoms with Gasteiger partial charge in [-0.15, -0.1) is 0 Å². The third-order valence-electron chi connectivity index (χ3n) is 3.76. The molecule has 0 saturated carbocycles. The molecule has 2 rings (SSSR count). The Morgan fingerprint density at radius 1 is 1.09 bits per heavy atom. The number of carbonyl (C=O) groups is 1. The van der Waals surface area contributed by atoms with E-state index in [-0.39, 0.29) is 5.78 Å². The molecule has 1 aliphatic rings. The fourth-order valence-electron chi connectivity index (χ4n) is 2.90. The molecule has 5 nitrogen and oxygen atoms in total. The van der Waals surface area contributed by atoms with E-state index < -0.39 is 17.5 Å². The van der Waals surface area contributed by atoms with Crippen LogP contribution < -0.4 is 9.47 Å². The standard InChI is InChI=1S/C17H24O5/c1-10-8-11(13(20-7)9-12(10)19-6)14(18)15-16(2,3)22-17(4,5)21-15/h8-9,15H,1-7H3/t15-/m0/s1. The molecule has 0 aliphatic carbocycles. The first kappa shape index (κ1) is 16.8. The summed E-state index contributed by atoms with van der Waals surface area (Å²) in [5.74, 6) is 0.199. The molecule has 0 aromatic heterocycles. The van der Waals surface area contributed by atoms with Crippen LogP contribution in [-0.2, 0) is 9.47 Å². The smallest absolute Gasteiger partial charge is 0.198 e. The second-order valence-corrected chi connectivity index (χ2v) is 6.49. The molecule has 1 atom stereocenters. The fourth-order valence-corrected chi connectivity index (χ4v) is 2.90. The van der Waals surface area contributed by atoms with Crippen LogP contribution >= 0.6 is 0 Å². The van der Waals surface area contributed by atoms with E-state index in [9.17, 15) is 4.79 Å². The van der Waals surface area contributed by atoms with E-state index >= 15 is 0 Å². The van der Waals surface area contributed by atoms with Gasteiger partial charge in [-0.05, 0) is 46.2 Å². The van der Waals surface area contributed by atoms with Gasteiger partial charge in [0, 0.05) is 6.07 Å². The van der Waals surface area contributed by atoms with Crippen LogP contribution in [0.2, 0.25) is 0 Å². The minimum Gasteiger partial charge on any atom is -0.496 e. The third kappa shape index (κ3) is 2.96. The van der Waals surface area contributed by atoms with Crippen LogP contribution in [0.4, 0.5) is 0 Å². The lowest BCUT2D eigenvalue weighted by Gasteiger charge is -2.23. The molecule has 0 radical (unpaired) electrons. The maximum atomic E-state index is 13.0. The highest BCUT2D eigenvalue weighted by Gasteiger charge is 2.51. The maximum Gasteiger partial charge on any atom is 0.198 e. The quantitative estimate of drug-likeness (QED) is 0.800. The van der Waals surface area contributed by atoms with E-state index in [1.54, 1.807) is 33.1 Å². The molecule has 1 aromatic carbocycles. The summed E-state index contributed by atoms with van der Waals surface area (Å²) >= 11 is 0. The molecule has 1 heterocycles. The Labute approximate surface area is 131 Å². The molecular formula is C17H24O5. The van der Waals surface area contributed by atoms with Gasteiger partial charge in [0.05, 0.1) is 25.4 Å². The predicted molar refractivity (Wildman–Crippen MR) is 82.7 cm³/mol. The summed E-state index contributed by atoms with van der Waals surface area (Å²) < 4.78 is 22.3. The van der Waals surface area contributed by atoms with E-state index in [4.69, 9.17) is 18.9 Å². The first-order valence-electron chi connectivity index (χ1n) is 7.26. The van der Waals surface area contributed by atoms with Gasteiger partial charge in [-0.25, -0.2) is 0 Å². The van der Waals surface area contributed by atoms with Crippen LogP contribution in [0.5, 0.6) is 11.5 Å². The molecule has 122 valence electrons. The molecule has 0 amide bonds. The zero-order valence-electron chi connectivity index (χ0n) is 14.3. The van der Waals surface area contributed by atoms with Crippen LogP contribution in [0.3, 0.4) is 0 Å². The number of ketones is 1. The minimum absolute atomic E-state index is 0.154. The van der Waals surface area contributed by atoms with Gasteiger partial charge in [-0.3, -0.25) is 4.79 Å². The number of methoxy groups -OCH3 is 2. The second kappa shape index (κ2) is 5.56. The molecular weight excluding hydrogens is 284 g/mol. The Morgan fingerprint density at radius 2 is 1.68 bits per heavy atom. The van der Waals surface area contributed by atoms with Crippen molar-refractivity contribution in [3.05, 3.63) is 23.3 Å². The van der Waals surface area contributed by atoms with Crippen molar-refractivity contribution in [1.82, 2.24) is 0 Å². The first-order chi connectivity index (χ1) is 10.1. The number of hydrogen-bond donors (Lipinski definition) is 0.